The van der Waals surface area contributed by atoms with E-state index in [2.05, 4.69) is 77.3 Å². The van der Waals surface area contributed by atoms with Gasteiger partial charge in [0.15, 0.2) is 11.5 Å². The fourth-order valence-corrected chi connectivity index (χ4v) is 5.86. The maximum Gasteiger partial charge on any atom is 0.256 e. The average Bonchev–Trinajstić information content (AvgIpc) is 3.51. The number of ether oxygens (including phenoxy) is 2. The van der Waals surface area contributed by atoms with Crippen LogP contribution in [0.2, 0.25) is 0 Å². The second kappa shape index (κ2) is 11.8. The van der Waals surface area contributed by atoms with Crippen molar-refractivity contribution in [2.45, 2.75) is 47.1 Å². The maximum absolute atomic E-state index is 13.9. The van der Waals surface area contributed by atoms with Crippen molar-refractivity contribution in [2.75, 3.05) is 59.2 Å². The number of hydrogen-bond acceptors (Lipinski definition) is 5. The summed E-state index contributed by atoms with van der Waals surface area (Å²) in [7, 11) is 0. The fraction of sp³-hybridized carbons (Fsp3) is 0.516. The number of aryl methyl sites for hydroxylation is 2. The Morgan fingerprint density at radius 3 is 2.45 bits per heavy atom. The molecule has 0 aliphatic carbocycles. The van der Waals surface area contributed by atoms with Gasteiger partial charge in [-0.2, -0.15) is 0 Å². The molecular weight excluding hydrogens is 476 g/mol. The van der Waals surface area contributed by atoms with Gasteiger partial charge in [0.1, 0.15) is 0 Å². The number of benzene rings is 2. The van der Waals surface area contributed by atoms with Crippen molar-refractivity contribution in [2.24, 2.45) is 0 Å². The highest BCUT2D eigenvalue weighted by molar-refractivity contribution is 6.08. The number of aromatic nitrogens is 1. The minimum atomic E-state index is 0.177. The van der Waals surface area contributed by atoms with E-state index in [1.807, 2.05) is 6.07 Å². The molecule has 0 N–H and O–H groups in total. The predicted octanol–water partition coefficient (Wildman–Crippen LogP) is 4.72. The lowest BCUT2D eigenvalue weighted by atomic mass is 10.1. The summed E-state index contributed by atoms with van der Waals surface area (Å²) in [5, 5.41) is 1.10. The van der Waals surface area contributed by atoms with E-state index >= 15 is 0 Å². The molecule has 0 saturated carbocycles. The number of carbonyl (C=O) groups excluding carboxylic acids is 1. The molecule has 2 aliphatic heterocycles. The molecule has 2 aromatic carbocycles. The van der Waals surface area contributed by atoms with E-state index in [1.165, 1.54) is 16.6 Å². The van der Waals surface area contributed by atoms with Crippen LogP contribution in [0.15, 0.2) is 36.4 Å². The largest absolute Gasteiger partial charge is 0.454 e. The zero-order valence-corrected chi connectivity index (χ0v) is 23.5. The van der Waals surface area contributed by atoms with Gasteiger partial charge in [0.2, 0.25) is 6.79 Å². The molecule has 0 atom stereocenters. The average molecular weight is 519 g/mol. The molecule has 204 valence electrons. The molecule has 0 unspecified atom stereocenters. The van der Waals surface area contributed by atoms with Crippen LogP contribution in [0.3, 0.4) is 0 Å². The molecule has 1 fully saturated rings. The zero-order chi connectivity index (χ0) is 26.6. The van der Waals surface area contributed by atoms with Gasteiger partial charge in [-0.3, -0.25) is 9.69 Å². The summed E-state index contributed by atoms with van der Waals surface area (Å²) in [5.41, 5.74) is 5.62. The third-order valence-corrected chi connectivity index (χ3v) is 8.26. The van der Waals surface area contributed by atoms with Crippen molar-refractivity contribution < 1.29 is 14.3 Å². The van der Waals surface area contributed by atoms with Gasteiger partial charge in [0, 0.05) is 55.9 Å². The van der Waals surface area contributed by atoms with Crippen LogP contribution in [0.4, 0.5) is 0 Å². The second-order valence-corrected chi connectivity index (χ2v) is 10.6. The normalized spacial score (nSPS) is 15.7. The van der Waals surface area contributed by atoms with E-state index in [9.17, 15) is 4.79 Å². The Bertz CT molecular complexity index is 1270. The Kier molecular flexibility index (Phi) is 8.24. The lowest BCUT2D eigenvalue weighted by Gasteiger charge is -2.35. The van der Waals surface area contributed by atoms with E-state index in [1.54, 1.807) is 0 Å². The van der Waals surface area contributed by atoms with Gasteiger partial charge in [0.05, 0.1) is 5.56 Å². The first-order valence-electron chi connectivity index (χ1n) is 14.2. The smallest absolute Gasteiger partial charge is 0.256 e. The van der Waals surface area contributed by atoms with Crippen LogP contribution in [-0.2, 0) is 13.0 Å². The van der Waals surface area contributed by atoms with E-state index in [0.717, 1.165) is 99.9 Å². The summed E-state index contributed by atoms with van der Waals surface area (Å²) < 4.78 is 13.3. The summed E-state index contributed by atoms with van der Waals surface area (Å²) in [4.78, 5) is 20.9. The van der Waals surface area contributed by atoms with Crippen molar-refractivity contribution in [3.8, 4) is 11.5 Å². The van der Waals surface area contributed by atoms with Gasteiger partial charge in [-0.25, -0.2) is 0 Å². The first kappa shape index (κ1) is 26.6. The minimum absolute atomic E-state index is 0.177. The Labute approximate surface area is 226 Å². The Morgan fingerprint density at radius 2 is 1.68 bits per heavy atom. The van der Waals surface area contributed by atoms with E-state index in [4.69, 9.17) is 9.47 Å². The summed E-state index contributed by atoms with van der Waals surface area (Å²) in [6.45, 7) is 17.5. The lowest BCUT2D eigenvalue weighted by molar-refractivity contribution is 0.0639. The number of rotatable bonds is 10. The second-order valence-electron chi connectivity index (χ2n) is 10.6. The van der Waals surface area contributed by atoms with Crippen molar-refractivity contribution in [3.63, 3.8) is 0 Å². The topological polar surface area (TPSA) is 50.2 Å². The molecule has 2 aliphatic rings. The molecule has 38 heavy (non-hydrogen) atoms. The van der Waals surface area contributed by atoms with Gasteiger partial charge in [-0.05, 0) is 76.2 Å². The quantitative estimate of drug-likeness (QED) is 0.389. The molecule has 1 aromatic heterocycles. The summed E-state index contributed by atoms with van der Waals surface area (Å²) in [6.07, 6.45) is 2.04. The van der Waals surface area contributed by atoms with Crippen LogP contribution in [0.5, 0.6) is 11.5 Å². The monoisotopic (exact) mass is 518 g/mol. The summed E-state index contributed by atoms with van der Waals surface area (Å²) in [5.74, 6) is 1.85. The Balaban J connectivity index is 1.23. The third-order valence-electron chi connectivity index (χ3n) is 8.26. The first-order valence-corrected chi connectivity index (χ1v) is 14.2. The number of amides is 1. The van der Waals surface area contributed by atoms with E-state index in [0.29, 0.717) is 6.79 Å². The summed E-state index contributed by atoms with van der Waals surface area (Å²) in [6, 6.07) is 12.8. The molecule has 3 aromatic rings. The van der Waals surface area contributed by atoms with Crippen molar-refractivity contribution >= 4 is 16.8 Å². The molecule has 0 bridgehead atoms. The number of hydrogen-bond donors (Lipinski definition) is 0. The molecule has 1 saturated heterocycles. The SMILES string of the molecule is CCN(CC)CCCn1c(C)c(C(=O)N2CCN(CCc3ccc4c(c3)OCO4)CC2)c2cc(C)ccc21. The molecule has 5 rings (SSSR count). The van der Waals surface area contributed by atoms with Crippen molar-refractivity contribution in [1.29, 1.82) is 0 Å². The molecule has 1 amide bonds. The first-order chi connectivity index (χ1) is 18.5. The van der Waals surface area contributed by atoms with Crippen molar-refractivity contribution in [3.05, 3.63) is 58.8 Å². The van der Waals surface area contributed by atoms with Gasteiger partial charge in [-0.1, -0.05) is 31.5 Å². The highest BCUT2D eigenvalue weighted by Gasteiger charge is 2.27. The number of fused-ring (bicyclic) bond motifs is 2. The van der Waals surface area contributed by atoms with Crippen LogP contribution in [0, 0.1) is 13.8 Å². The van der Waals surface area contributed by atoms with E-state index in [-0.39, 0.29) is 5.91 Å². The van der Waals surface area contributed by atoms with Gasteiger partial charge in [-0.15, -0.1) is 0 Å². The van der Waals surface area contributed by atoms with Gasteiger partial charge >= 0.3 is 0 Å². The standard InChI is InChI=1S/C31H42N4O3/c1-5-32(6-2)13-7-14-35-24(4)30(26-20-23(3)8-10-27(26)35)31(36)34-18-16-33(17-19-34)15-12-25-9-11-28-29(21-25)38-22-37-28/h8-11,20-21H,5-7,12-19,22H2,1-4H3. The molecule has 3 heterocycles. The highest BCUT2D eigenvalue weighted by Crippen LogP contribution is 2.33. The predicted molar refractivity (Wildman–Crippen MR) is 152 cm³/mol. The Hall–Kier alpha value is -3.03. The third kappa shape index (κ3) is 5.54. The lowest BCUT2D eigenvalue weighted by Crippen LogP contribution is -2.49. The van der Waals surface area contributed by atoms with E-state index < -0.39 is 0 Å². The number of nitrogens with zero attached hydrogens (tertiary/aromatic N) is 4. The maximum atomic E-state index is 13.9. The number of carbonyl (C=O) groups is 1. The van der Waals surface area contributed by atoms with Crippen LogP contribution in [-0.4, -0.2) is 84.3 Å². The van der Waals surface area contributed by atoms with Crippen LogP contribution >= 0.6 is 0 Å². The van der Waals surface area contributed by atoms with Crippen molar-refractivity contribution in [1.82, 2.24) is 19.3 Å². The fourth-order valence-electron chi connectivity index (χ4n) is 5.86. The van der Waals surface area contributed by atoms with Crippen LogP contribution < -0.4 is 9.47 Å². The molecule has 0 spiro atoms. The molecular formula is C31H42N4O3. The molecule has 7 heteroatoms. The molecule has 0 radical (unpaired) electrons. The zero-order valence-electron chi connectivity index (χ0n) is 23.5. The van der Waals surface area contributed by atoms with Gasteiger partial charge < -0.3 is 23.8 Å². The highest BCUT2D eigenvalue weighted by atomic mass is 16.7. The van der Waals surface area contributed by atoms with Crippen LogP contribution in [0.1, 0.15) is 47.4 Å². The van der Waals surface area contributed by atoms with Crippen LogP contribution in [0.25, 0.3) is 10.9 Å². The minimum Gasteiger partial charge on any atom is -0.454 e. The van der Waals surface area contributed by atoms with Gasteiger partial charge in [0.25, 0.3) is 5.91 Å². The summed E-state index contributed by atoms with van der Waals surface area (Å²) >= 11 is 0. The molecule has 7 nitrogen and oxygen atoms in total. The Morgan fingerprint density at radius 1 is 0.921 bits per heavy atom. The number of piperazine rings is 1.